The summed E-state index contributed by atoms with van der Waals surface area (Å²) < 4.78 is 22.9. The summed E-state index contributed by atoms with van der Waals surface area (Å²) >= 11 is 0. The summed E-state index contributed by atoms with van der Waals surface area (Å²) in [5, 5.41) is 7.16. The molecule has 0 amide bonds. The fourth-order valence-corrected chi connectivity index (χ4v) is 4.61. The molecule has 1 aromatic heterocycles. The molecule has 1 aromatic carbocycles. The summed E-state index contributed by atoms with van der Waals surface area (Å²) in [7, 11) is -2.82. The lowest BCUT2D eigenvalue weighted by Gasteiger charge is -2.02. The van der Waals surface area contributed by atoms with Gasteiger partial charge in [0.05, 0.1) is 11.5 Å². The van der Waals surface area contributed by atoms with Crippen molar-refractivity contribution in [2.24, 2.45) is 5.92 Å². The number of hydrogen-bond donors (Lipinski definition) is 1. The molecule has 1 aliphatic rings. The van der Waals surface area contributed by atoms with Crippen LogP contribution in [0.1, 0.15) is 23.6 Å². The highest BCUT2D eigenvalue weighted by molar-refractivity contribution is 7.91. The molecule has 0 bridgehead atoms. The molecular formula is C15H19N3O2S. The number of aromatic nitrogens is 3. The first kappa shape index (κ1) is 14.3. The molecule has 21 heavy (non-hydrogen) atoms. The second kappa shape index (κ2) is 5.97. The fourth-order valence-electron chi connectivity index (χ4n) is 2.75. The van der Waals surface area contributed by atoms with Gasteiger partial charge in [-0.15, -0.1) is 0 Å². The molecule has 3 rings (SSSR count). The van der Waals surface area contributed by atoms with E-state index in [9.17, 15) is 8.42 Å². The highest BCUT2D eigenvalue weighted by Gasteiger charge is 2.28. The molecule has 5 nitrogen and oxygen atoms in total. The van der Waals surface area contributed by atoms with Crippen molar-refractivity contribution in [3.05, 3.63) is 47.5 Å². The van der Waals surface area contributed by atoms with E-state index in [0.29, 0.717) is 12.2 Å². The van der Waals surface area contributed by atoms with E-state index in [2.05, 4.69) is 27.3 Å². The van der Waals surface area contributed by atoms with E-state index >= 15 is 0 Å². The summed E-state index contributed by atoms with van der Waals surface area (Å²) in [4.78, 5) is 4.48. The zero-order chi connectivity index (χ0) is 14.7. The zero-order valence-corrected chi connectivity index (χ0v) is 12.6. The molecule has 6 heteroatoms. The Morgan fingerprint density at radius 1 is 1.19 bits per heavy atom. The van der Waals surface area contributed by atoms with E-state index in [1.54, 1.807) is 0 Å². The van der Waals surface area contributed by atoms with Crippen LogP contribution in [0.3, 0.4) is 0 Å². The Balaban J connectivity index is 1.54. The Morgan fingerprint density at radius 2 is 2.00 bits per heavy atom. The molecule has 1 fully saturated rings. The highest BCUT2D eigenvalue weighted by Crippen LogP contribution is 2.21. The van der Waals surface area contributed by atoms with Crippen LogP contribution in [-0.2, 0) is 29.1 Å². The molecule has 2 aromatic rings. The molecule has 112 valence electrons. The third kappa shape index (κ3) is 3.91. The number of H-pyrrole nitrogens is 1. The normalized spacial score (nSPS) is 20.7. The maximum atomic E-state index is 11.4. The smallest absolute Gasteiger partial charge is 0.151 e. The Labute approximate surface area is 124 Å². The average Bonchev–Trinajstić information content (AvgIpc) is 3.04. The summed E-state index contributed by atoms with van der Waals surface area (Å²) in [5.41, 5.74) is 1.27. The Morgan fingerprint density at radius 3 is 2.71 bits per heavy atom. The van der Waals surface area contributed by atoms with Gasteiger partial charge in [-0.05, 0) is 24.3 Å². The fraction of sp³-hybridized carbons (Fsp3) is 0.467. The van der Waals surface area contributed by atoms with Gasteiger partial charge in [-0.1, -0.05) is 30.3 Å². The first-order chi connectivity index (χ1) is 10.1. The van der Waals surface area contributed by atoms with Crippen molar-refractivity contribution in [3.63, 3.8) is 0 Å². The molecule has 1 unspecified atom stereocenters. The number of rotatable bonds is 5. The molecule has 0 aliphatic carbocycles. The minimum atomic E-state index is -2.82. The maximum Gasteiger partial charge on any atom is 0.151 e. The number of sulfone groups is 1. The van der Waals surface area contributed by atoms with Gasteiger partial charge >= 0.3 is 0 Å². The third-order valence-electron chi connectivity index (χ3n) is 3.87. The SMILES string of the molecule is O=S1(=O)CCC(Cc2nc(CCc3ccccc3)n[nH]2)C1. The number of aryl methyl sites for hydroxylation is 2. The van der Waals surface area contributed by atoms with E-state index in [1.807, 2.05) is 18.2 Å². The molecule has 1 N–H and O–H groups in total. The highest BCUT2D eigenvalue weighted by atomic mass is 32.2. The molecule has 1 aliphatic heterocycles. The molecular weight excluding hydrogens is 286 g/mol. The number of nitrogens with one attached hydrogen (secondary N) is 1. The van der Waals surface area contributed by atoms with Gasteiger partial charge in [0.1, 0.15) is 5.82 Å². The summed E-state index contributed by atoms with van der Waals surface area (Å²) in [6.45, 7) is 0. The van der Waals surface area contributed by atoms with Crippen molar-refractivity contribution in [1.29, 1.82) is 0 Å². The van der Waals surface area contributed by atoms with Gasteiger partial charge in [-0.25, -0.2) is 13.4 Å². The van der Waals surface area contributed by atoms with Crippen LogP contribution < -0.4 is 0 Å². The number of nitrogens with zero attached hydrogens (tertiary/aromatic N) is 2. The number of benzene rings is 1. The van der Waals surface area contributed by atoms with Crippen LogP contribution in [0.5, 0.6) is 0 Å². The molecule has 2 heterocycles. The van der Waals surface area contributed by atoms with Crippen LogP contribution in [0, 0.1) is 5.92 Å². The summed E-state index contributed by atoms with van der Waals surface area (Å²) in [6.07, 6.45) is 3.12. The minimum Gasteiger partial charge on any atom is -0.263 e. The van der Waals surface area contributed by atoms with Gasteiger partial charge in [0.15, 0.2) is 15.7 Å². The van der Waals surface area contributed by atoms with E-state index < -0.39 is 9.84 Å². The van der Waals surface area contributed by atoms with Gasteiger partial charge in [0, 0.05) is 12.8 Å². The lowest BCUT2D eigenvalue weighted by Crippen LogP contribution is -2.08. The Hall–Kier alpha value is -1.69. The Bertz CT molecular complexity index is 695. The molecule has 0 spiro atoms. The maximum absolute atomic E-state index is 11.4. The topological polar surface area (TPSA) is 75.7 Å². The van der Waals surface area contributed by atoms with Crippen molar-refractivity contribution >= 4 is 9.84 Å². The quantitative estimate of drug-likeness (QED) is 0.909. The molecule has 1 saturated heterocycles. The van der Waals surface area contributed by atoms with Crippen molar-refractivity contribution in [3.8, 4) is 0 Å². The van der Waals surface area contributed by atoms with Crippen LogP contribution >= 0.6 is 0 Å². The van der Waals surface area contributed by atoms with Gasteiger partial charge in [-0.3, -0.25) is 5.10 Å². The lowest BCUT2D eigenvalue weighted by molar-refractivity contribution is 0.570. The number of aromatic amines is 1. The van der Waals surface area contributed by atoms with Gasteiger partial charge in [0.25, 0.3) is 0 Å². The molecule has 0 saturated carbocycles. The first-order valence-corrected chi connectivity index (χ1v) is 9.07. The van der Waals surface area contributed by atoms with Crippen molar-refractivity contribution < 1.29 is 8.42 Å². The summed E-state index contributed by atoms with van der Waals surface area (Å²) in [5.74, 6) is 2.39. The Kier molecular flexibility index (Phi) is 4.05. The second-order valence-corrected chi connectivity index (χ2v) is 7.89. The van der Waals surface area contributed by atoms with E-state index in [0.717, 1.165) is 30.9 Å². The van der Waals surface area contributed by atoms with Gasteiger partial charge in [-0.2, -0.15) is 5.10 Å². The standard InChI is InChI=1S/C15H19N3O2S/c19-21(20)9-8-13(11-21)10-15-16-14(17-18-15)7-6-12-4-2-1-3-5-12/h1-5,13H,6-11H2,(H,16,17,18). The zero-order valence-electron chi connectivity index (χ0n) is 11.8. The van der Waals surface area contributed by atoms with Crippen LogP contribution in [0.15, 0.2) is 30.3 Å². The van der Waals surface area contributed by atoms with Crippen molar-refractivity contribution in [2.45, 2.75) is 25.7 Å². The first-order valence-electron chi connectivity index (χ1n) is 7.25. The largest absolute Gasteiger partial charge is 0.263 e. The molecule has 1 atom stereocenters. The molecule has 0 radical (unpaired) electrons. The third-order valence-corrected chi connectivity index (χ3v) is 5.70. The van der Waals surface area contributed by atoms with Gasteiger partial charge < -0.3 is 0 Å². The van der Waals surface area contributed by atoms with Crippen molar-refractivity contribution in [1.82, 2.24) is 15.2 Å². The minimum absolute atomic E-state index is 0.185. The second-order valence-electron chi connectivity index (χ2n) is 5.66. The van der Waals surface area contributed by atoms with Crippen molar-refractivity contribution in [2.75, 3.05) is 11.5 Å². The van der Waals surface area contributed by atoms with Gasteiger partial charge in [0.2, 0.25) is 0 Å². The van der Waals surface area contributed by atoms with E-state index in [4.69, 9.17) is 0 Å². The average molecular weight is 305 g/mol. The van der Waals surface area contributed by atoms with E-state index in [-0.39, 0.29) is 11.7 Å². The monoisotopic (exact) mass is 305 g/mol. The number of hydrogen-bond acceptors (Lipinski definition) is 4. The lowest BCUT2D eigenvalue weighted by atomic mass is 10.1. The summed E-state index contributed by atoms with van der Waals surface area (Å²) in [6, 6.07) is 10.2. The predicted octanol–water partition coefficient (Wildman–Crippen LogP) is 1.57. The van der Waals surface area contributed by atoms with Crippen LogP contribution in [-0.4, -0.2) is 35.1 Å². The van der Waals surface area contributed by atoms with E-state index in [1.165, 1.54) is 5.56 Å². The van der Waals surface area contributed by atoms with Crippen LogP contribution in [0.2, 0.25) is 0 Å². The predicted molar refractivity (Wildman–Crippen MR) is 80.7 cm³/mol. The van der Waals surface area contributed by atoms with Crippen LogP contribution in [0.25, 0.3) is 0 Å². The van der Waals surface area contributed by atoms with Crippen LogP contribution in [0.4, 0.5) is 0 Å².